The van der Waals surface area contributed by atoms with Gasteiger partial charge in [-0.3, -0.25) is 0 Å². The van der Waals surface area contributed by atoms with Crippen molar-refractivity contribution in [3.8, 4) is 27.9 Å². The number of rotatable bonds is 4. The Morgan fingerprint density at radius 1 is 0.379 bits per heavy atom. The van der Waals surface area contributed by atoms with E-state index in [1.54, 1.807) is 0 Å². The lowest BCUT2D eigenvalue weighted by Gasteiger charge is -2.24. The Bertz CT molecular complexity index is 4430. The predicted molar refractivity (Wildman–Crippen MR) is 278 cm³/mol. The number of hydrogen-bond acceptors (Lipinski definition) is 0. The van der Waals surface area contributed by atoms with E-state index in [4.69, 9.17) is 0 Å². The van der Waals surface area contributed by atoms with Crippen molar-refractivity contribution in [1.82, 2.24) is 17.9 Å². The molecule has 0 spiro atoms. The highest BCUT2D eigenvalue weighted by Gasteiger charge is 2.27. The van der Waals surface area contributed by atoms with Crippen LogP contribution in [0.5, 0.6) is 0 Å². The molecule has 4 heteroatoms. The van der Waals surface area contributed by atoms with Crippen LogP contribution in [0.15, 0.2) is 182 Å². The summed E-state index contributed by atoms with van der Waals surface area (Å²) in [6, 6.07) is 62.6. The van der Waals surface area contributed by atoms with Gasteiger partial charge in [0.2, 0.25) is 0 Å². The van der Waals surface area contributed by atoms with Gasteiger partial charge in [0.15, 0.2) is 0 Å². The number of nitrogens with zero attached hydrogens (tertiary/aromatic N) is 4. The molecule has 6 heterocycles. The van der Waals surface area contributed by atoms with Gasteiger partial charge >= 0.3 is 0 Å². The molecule has 0 fully saturated rings. The van der Waals surface area contributed by atoms with Crippen molar-refractivity contribution in [3.63, 3.8) is 0 Å². The molecule has 2 aliphatic carbocycles. The van der Waals surface area contributed by atoms with Crippen LogP contribution >= 0.6 is 0 Å². The minimum absolute atomic E-state index is 0.511. The smallest absolute Gasteiger partial charge is 0.0804 e. The Balaban J connectivity index is 0.921. The number of hydrogen-bond donors (Lipinski definition) is 0. The monoisotopic (exact) mass is 842 g/mol. The highest BCUT2D eigenvalue weighted by molar-refractivity contribution is 6.32. The molecule has 14 aromatic rings. The van der Waals surface area contributed by atoms with Crippen LogP contribution < -0.4 is 0 Å². The zero-order chi connectivity index (χ0) is 42.8. The molecule has 8 aromatic carbocycles. The second-order valence-electron chi connectivity index (χ2n) is 19.0. The standard InChI is InChI=1S/C62H42N4/c1-3-13-41(14-4-1)63-53-23-9-7-17-43(53)45-29-25-37(33-55(45)63)39-27-31-47-49-19-11-21-51-59(49)65(57(47)35-39)61-52-22-12-20-50-48-32-28-40(36-58(48)66(60(50)52)62(51)61)38-26-30-46-44-18-8-10-24-54(44)64(56(46)34-38)42-15-5-2-6-16-42/h1-5,7-9,11-14,17-23,25-36,42H,6,10,15-16,24H2. The zero-order valence-corrected chi connectivity index (χ0v) is 36.3. The minimum Gasteiger partial charge on any atom is -0.341 e. The van der Waals surface area contributed by atoms with Crippen molar-refractivity contribution < 1.29 is 0 Å². The van der Waals surface area contributed by atoms with E-state index in [-0.39, 0.29) is 0 Å². The maximum absolute atomic E-state index is 2.72. The van der Waals surface area contributed by atoms with Crippen LogP contribution in [0.4, 0.5) is 0 Å². The number of para-hydroxylation sites is 4. The second-order valence-corrected chi connectivity index (χ2v) is 19.0. The van der Waals surface area contributed by atoms with Crippen molar-refractivity contribution in [2.75, 3.05) is 0 Å². The fourth-order valence-corrected chi connectivity index (χ4v) is 12.9. The lowest BCUT2D eigenvalue weighted by molar-refractivity contribution is 0.460. The molecule has 2 aliphatic rings. The summed E-state index contributed by atoms with van der Waals surface area (Å²) in [5.74, 6) is 0. The van der Waals surface area contributed by atoms with E-state index in [2.05, 4.69) is 206 Å². The maximum atomic E-state index is 2.72. The Morgan fingerprint density at radius 2 is 0.924 bits per heavy atom. The Labute approximate surface area is 379 Å². The normalized spacial score (nSPS) is 15.6. The third-order valence-electron chi connectivity index (χ3n) is 15.7. The van der Waals surface area contributed by atoms with E-state index in [1.807, 2.05) is 0 Å². The average Bonchev–Trinajstić information content (AvgIpc) is 4.21. The van der Waals surface area contributed by atoms with Crippen molar-refractivity contribution in [3.05, 3.63) is 193 Å². The minimum atomic E-state index is 0.511. The molecule has 6 aromatic heterocycles. The van der Waals surface area contributed by atoms with Crippen molar-refractivity contribution >= 4 is 104 Å². The van der Waals surface area contributed by atoms with Gasteiger partial charge in [0, 0.05) is 77.0 Å². The summed E-state index contributed by atoms with van der Waals surface area (Å²) in [5.41, 5.74) is 20.6. The predicted octanol–water partition coefficient (Wildman–Crippen LogP) is 16.5. The van der Waals surface area contributed by atoms with Crippen molar-refractivity contribution in [1.29, 1.82) is 0 Å². The van der Waals surface area contributed by atoms with E-state index in [9.17, 15) is 0 Å². The lowest BCUT2D eigenvalue weighted by atomic mass is 9.99. The van der Waals surface area contributed by atoms with Crippen LogP contribution in [0.1, 0.15) is 43.0 Å². The summed E-state index contributed by atoms with van der Waals surface area (Å²) < 4.78 is 10.3. The molecule has 0 N–H and O–H groups in total. The van der Waals surface area contributed by atoms with Crippen LogP contribution in [0, 0.1) is 0 Å². The van der Waals surface area contributed by atoms with Crippen LogP contribution in [-0.4, -0.2) is 17.9 Å². The summed E-state index contributed by atoms with van der Waals surface area (Å²) in [5, 5.41) is 11.7. The number of aromatic nitrogens is 4. The molecule has 16 rings (SSSR count). The van der Waals surface area contributed by atoms with Gasteiger partial charge in [-0.1, -0.05) is 146 Å². The van der Waals surface area contributed by atoms with Gasteiger partial charge in [0.25, 0.3) is 0 Å². The molecule has 0 saturated carbocycles. The number of fused-ring (bicyclic) bond motifs is 17. The molecule has 66 heavy (non-hydrogen) atoms. The Morgan fingerprint density at radius 3 is 1.58 bits per heavy atom. The van der Waals surface area contributed by atoms with Gasteiger partial charge in [-0.2, -0.15) is 0 Å². The van der Waals surface area contributed by atoms with Gasteiger partial charge in [-0.15, -0.1) is 0 Å². The van der Waals surface area contributed by atoms with Crippen LogP contribution in [0.2, 0.25) is 0 Å². The first-order valence-corrected chi connectivity index (χ1v) is 23.7. The Hall–Kier alpha value is -8.08. The van der Waals surface area contributed by atoms with E-state index in [1.165, 1.54) is 144 Å². The maximum Gasteiger partial charge on any atom is 0.0804 e. The summed E-state index contributed by atoms with van der Waals surface area (Å²) >= 11 is 0. The van der Waals surface area contributed by atoms with Gasteiger partial charge in [0.1, 0.15) is 0 Å². The first-order chi connectivity index (χ1) is 32.8. The molecule has 1 unspecified atom stereocenters. The third kappa shape index (κ3) is 4.49. The summed E-state index contributed by atoms with van der Waals surface area (Å²) in [7, 11) is 0. The van der Waals surface area contributed by atoms with E-state index in [0.717, 1.165) is 25.7 Å². The molecule has 0 aliphatic heterocycles. The average molecular weight is 843 g/mol. The summed E-state index contributed by atoms with van der Waals surface area (Å²) in [6.45, 7) is 0. The van der Waals surface area contributed by atoms with Gasteiger partial charge < -0.3 is 17.9 Å². The molecule has 0 amide bonds. The van der Waals surface area contributed by atoms with Crippen molar-refractivity contribution in [2.45, 2.75) is 38.1 Å². The first-order valence-electron chi connectivity index (χ1n) is 23.7. The highest BCUT2D eigenvalue weighted by atomic mass is 15.0. The highest BCUT2D eigenvalue weighted by Crippen LogP contribution is 2.48. The summed E-state index contributed by atoms with van der Waals surface area (Å²) in [6.07, 6.45) is 15.2. The quantitative estimate of drug-likeness (QED) is 0.157. The molecule has 0 saturated heterocycles. The largest absolute Gasteiger partial charge is 0.341 e. The molecular formula is C62H42N4. The van der Waals surface area contributed by atoms with Gasteiger partial charge in [-0.25, -0.2) is 0 Å². The molecular weight excluding hydrogens is 801 g/mol. The second kappa shape index (κ2) is 12.8. The topological polar surface area (TPSA) is 18.7 Å². The first kappa shape index (κ1) is 35.3. The van der Waals surface area contributed by atoms with Crippen LogP contribution in [0.25, 0.3) is 132 Å². The number of allylic oxidation sites excluding steroid dienone is 3. The summed E-state index contributed by atoms with van der Waals surface area (Å²) in [4.78, 5) is 0. The zero-order valence-electron chi connectivity index (χ0n) is 36.3. The fraction of sp³-hybridized carbons (Fsp3) is 0.0968. The molecule has 0 bridgehead atoms. The van der Waals surface area contributed by atoms with Gasteiger partial charge in [-0.05, 0) is 96.8 Å². The molecule has 0 radical (unpaired) electrons. The SMILES string of the molecule is C1=Cc2c(n(C3CC=CCC3)c3cc(-c4ccc5c6cccc7c6n(c5c4)c4c5cccc6c8ccc(-c9ccc%10c%11ccccc%11n(-c%11ccccc%11)c%10c9)cc8n(c65)c74)ccc23)CC1. The van der Waals surface area contributed by atoms with E-state index >= 15 is 0 Å². The third-order valence-corrected chi connectivity index (χ3v) is 15.7. The molecule has 1 atom stereocenters. The molecule has 310 valence electrons. The molecule has 4 nitrogen and oxygen atoms in total. The fourth-order valence-electron chi connectivity index (χ4n) is 12.9. The van der Waals surface area contributed by atoms with Gasteiger partial charge in [0.05, 0.1) is 44.1 Å². The number of benzene rings is 8. The van der Waals surface area contributed by atoms with E-state index in [0.29, 0.717) is 6.04 Å². The Kier molecular flexibility index (Phi) is 6.84. The lowest BCUT2D eigenvalue weighted by Crippen LogP contribution is -2.14. The van der Waals surface area contributed by atoms with Crippen LogP contribution in [0.3, 0.4) is 0 Å². The van der Waals surface area contributed by atoms with E-state index < -0.39 is 0 Å². The van der Waals surface area contributed by atoms with Crippen LogP contribution in [-0.2, 0) is 6.42 Å². The van der Waals surface area contributed by atoms with Crippen molar-refractivity contribution in [2.24, 2.45) is 0 Å².